The lowest BCUT2D eigenvalue weighted by atomic mass is 9.89. The van der Waals surface area contributed by atoms with Crippen LogP contribution in [0.3, 0.4) is 0 Å². The number of hydrogen-bond acceptors (Lipinski definition) is 3. The Morgan fingerprint density at radius 1 is 1.00 bits per heavy atom. The fourth-order valence-electron chi connectivity index (χ4n) is 3.66. The highest BCUT2D eigenvalue weighted by atomic mass is 32.2. The first-order chi connectivity index (χ1) is 12.3. The van der Waals surface area contributed by atoms with Gasteiger partial charge in [0.25, 0.3) is 0 Å². The van der Waals surface area contributed by atoms with Crippen LogP contribution in [0.15, 0.2) is 35.2 Å². The summed E-state index contributed by atoms with van der Waals surface area (Å²) in [4.78, 5) is 0.306. The molecule has 2 aromatic rings. The Bertz CT molecular complexity index is 919. The minimum Gasteiger partial charge on any atom is -0.496 e. The summed E-state index contributed by atoms with van der Waals surface area (Å²) in [7, 11) is -2.02. The average molecular weight is 374 g/mol. The molecule has 0 bridgehead atoms. The predicted octanol–water partition coefficient (Wildman–Crippen LogP) is 4.23. The van der Waals surface area contributed by atoms with Crippen molar-refractivity contribution in [3.8, 4) is 5.75 Å². The van der Waals surface area contributed by atoms with Crippen molar-refractivity contribution in [3.63, 3.8) is 0 Å². The Balaban J connectivity index is 1.86. The predicted molar refractivity (Wildman–Crippen MR) is 104 cm³/mol. The van der Waals surface area contributed by atoms with Crippen LogP contribution in [0.1, 0.15) is 53.6 Å². The lowest BCUT2D eigenvalue weighted by Gasteiger charge is -2.20. The van der Waals surface area contributed by atoms with Crippen LogP contribution in [-0.4, -0.2) is 15.5 Å². The van der Waals surface area contributed by atoms with Crippen LogP contribution >= 0.6 is 0 Å². The number of sulfonamides is 1. The van der Waals surface area contributed by atoms with Crippen LogP contribution in [0.25, 0.3) is 0 Å². The number of methoxy groups -OCH3 is 1. The first-order valence-electron chi connectivity index (χ1n) is 9.11. The summed E-state index contributed by atoms with van der Waals surface area (Å²) in [6.45, 7) is 5.54. The highest BCUT2D eigenvalue weighted by Gasteiger charge is 2.22. The minimum absolute atomic E-state index is 0.283. The highest BCUT2D eigenvalue weighted by Crippen LogP contribution is 2.28. The third-order valence-corrected chi connectivity index (χ3v) is 6.87. The van der Waals surface area contributed by atoms with E-state index in [1.165, 1.54) is 24.0 Å². The topological polar surface area (TPSA) is 55.4 Å². The molecule has 1 unspecified atom stereocenters. The Kier molecular flexibility index (Phi) is 5.39. The molecular formula is C21H27NO3S. The second-order valence-electron chi connectivity index (χ2n) is 7.17. The molecule has 3 rings (SSSR count). The van der Waals surface area contributed by atoms with Crippen LogP contribution in [-0.2, 0) is 22.9 Å². The average Bonchev–Trinajstić information content (AvgIpc) is 2.62. The summed E-state index contributed by atoms with van der Waals surface area (Å²) in [5, 5.41) is 0. The summed E-state index contributed by atoms with van der Waals surface area (Å²) in [6.07, 6.45) is 4.66. The fourth-order valence-corrected chi connectivity index (χ4v) is 5.20. The molecule has 0 radical (unpaired) electrons. The maximum atomic E-state index is 12.9. The zero-order valence-corrected chi connectivity index (χ0v) is 16.7. The van der Waals surface area contributed by atoms with Gasteiger partial charge in [-0.3, -0.25) is 0 Å². The van der Waals surface area contributed by atoms with Gasteiger partial charge in [-0.25, -0.2) is 13.1 Å². The van der Waals surface area contributed by atoms with Gasteiger partial charge in [-0.2, -0.15) is 0 Å². The molecule has 2 aromatic carbocycles. The van der Waals surface area contributed by atoms with E-state index in [9.17, 15) is 8.42 Å². The molecule has 0 aromatic heterocycles. The molecule has 1 N–H and O–H groups in total. The number of ether oxygens (including phenoxy) is 1. The lowest BCUT2D eigenvalue weighted by molar-refractivity contribution is 0.411. The Morgan fingerprint density at radius 3 is 2.38 bits per heavy atom. The quantitative estimate of drug-likeness (QED) is 0.853. The van der Waals surface area contributed by atoms with E-state index in [1.54, 1.807) is 26.2 Å². The van der Waals surface area contributed by atoms with Gasteiger partial charge in [0, 0.05) is 6.04 Å². The second-order valence-corrected chi connectivity index (χ2v) is 8.85. The molecule has 5 heteroatoms. The van der Waals surface area contributed by atoms with Crippen molar-refractivity contribution >= 4 is 10.0 Å². The first kappa shape index (κ1) is 18.9. The van der Waals surface area contributed by atoms with E-state index < -0.39 is 10.0 Å². The van der Waals surface area contributed by atoms with Gasteiger partial charge in [0.05, 0.1) is 12.0 Å². The van der Waals surface area contributed by atoms with E-state index in [4.69, 9.17) is 4.74 Å². The van der Waals surface area contributed by atoms with Crippen molar-refractivity contribution in [1.29, 1.82) is 0 Å². The molecule has 0 heterocycles. The van der Waals surface area contributed by atoms with E-state index in [2.05, 4.69) is 16.9 Å². The van der Waals surface area contributed by atoms with Crippen molar-refractivity contribution in [3.05, 3.63) is 58.1 Å². The molecule has 1 aliphatic carbocycles. The molecule has 1 atom stereocenters. The van der Waals surface area contributed by atoms with E-state index >= 15 is 0 Å². The summed E-state index contributed by atoms with van der Waals surface area (Å²) >= 11 is 0. The number of rotatable bonds is 5. The normalized spacial score (nSPS) is 15.4. The van der Waals surface area contributed by atoms with Gasteiger partial charge in [-0.15, -0.1) is 0 Å². The van der Waals surface area contributed by atoms with Crippen LogP contribution in [0.5, 0.6) is 5.75 Å². The Hall–Kier alpha value is -1.85. The van der Waals surface area contributed by atoms with E-state index in [-0.39, 0.29) is 6.04 Å². The highest BCUT2D eigenvalue weighted by molar-refractivity contribution is 7.89. The number of benzene rings is 2. The molecule has 0 spiro atoms. The van der Waals surface area contributed by atoms with Gasteiger partial charge in [0.2, 0.25) is 10.0 Å². The zero-order chi connectivity index (χ0) is 18.9. The summed E-state index contributed by atoms with van der Waals surface area (Å²) in [5.41, 5.74) is 5.25. The SMILES string of the molecule is COc1cc(C)c(S(=O)(=O)NC(C)c2ccc3c(c2)CCCC3)cc1C. The molecule has 0 saturated carbocycles. The monoisotopic (exact) mass is 373 g/mol. The van der Waals surface area contributed by atoms with Crippen molar-refractivity contribution in [2.75, 3.05) is 7.11 Å². The van der Waals surface area contributed by atoms with Crippen LogP contribution < -0.4 is 9.46 Å². The third kappa shape index (κ3) is 3.79. The molecule has 26 heavy (non-hydrogen) atoms. The number of fused-ring (bicyclic) bond motifs is 1. The van der Waals surface area contributed by atoms with Crippen LogP contribution in [0.2, 0.25) is 0 Å². The van der Waals surface area contributed by atoms with Gasteiger partial charge in [-0.1, -0.05) is 18.2 Å². The number of hydrogen-bond donors (Lipinski definition) is 1. The largest absolute Gasteiger partial charge is 0.496 e. The van der Waals surface area contributed by atoms with Crippen LogP contribution in [0, 0.1) is 13.8 Å². The molecule has 0 saturated heterocycles. The third-order valence-electron chi connectivity index (χ3n) is 5.19. The van der Waals surface area contributed by atoms with Crippen molar-refractivity contribution in [1.82, 2.24) is 4.72 Å². The zero-order valence-electron chi connectivity index (χ0n) is 15.9. The van der Waals surface area contributed by atoms with Gasteiger partial charge < -0.3 is 4.74 Å². The maximum Gasteiger partial charge on any atom is 0.241 e. The number of nitrogens with one attached hydrogen (secondary N) is 1. The van der Waals surface area contributed by atoms with Crippen LogP contribution in [0.4, 0.5) is 0 Å². The molecule has 140 valence electrons. The molecule has 0 aliphatic heterocycles. The summed E-state index contributed by atoms with van der Waals surface area (Å²) in [5.74, 6) is 0.698. The van der Waals surface area contributed by atoms with E-state index in [0.29, 0.717) is 16.2 Å². The smallest absolute Gasteiger partial charge is 0.241 e. The van der Waals surface area contributed by atoms with Gasteiger partial charge in [-0.05, 0) is 86.4 Å². The molecule has 1 aliphatic rings. The molecule has 0 amide bonds. The van der Waals surface area contributed by atoms with E-state index in [0.717, 1.165) is 24.0 Å². The standard InChI is InChI=1S/C21H27NO3S/c1-14-12-21(15(2)11-20(14)25-4)26(23,24)22-16(3)18-10-9-17-7-5-6-8-19(17)13-18/h9-13,16,22H,5-8H2,1-4H3. The summed E-state index contributed by atoms with van der Waals surface area (Å²) in [6, 6.07) is 9.52. The fraction of sp³-hybridized carbons (Fsp3) is 0.429. The van der Waals surface area contributed by atoms with Gasteiger partial charge in [0.15, 0.2) is 0 Å². The van der Waals surface area contributed by atoms with Crippen molar-refractivity contribution in [2.24, 2.45) is 0 Å². The molecule has 0 fully saturated rings. The lowest BCUT2D eigenvalue weighted by Crippen LogP contribution is -2.27. The summed E-state index contributed by atoms with van der Waals surface area (Å²) < 4.78 is 34.0. The van der Waals surface area contributed by atoms with E-state index in [1.807, 2.05) is 19.9 Å². The Labute approximate surface area is 156 Å². The molecular weight excluding hydrogens is 346 g/mol. The van der Waals surface area contributed by atoms with Gasteiger partial charge >= 0.3 is 0 Å². The Morgan fingerprint density at radius 2 is 1.69 bits per heavy atom. The first-order valence-corrected chi connectivity index (χ1v) is 10.6. The minimum atomic E-state index is -3.61. The van der Waals surface area contributed by atoms with Crippen molar-refractivity contribution < 1.29 is 13.2 Å². The number of aryl methyl sites for hydroxylation is 4. The maximum absolute atomic E-state index is 12.9. The van der Waals surface area contributed by atoms with Crippen molar-refractivity contribution in [2.45, 2.75) is 57.4 Å². The molecule has 4 nitrogen and oxygen atoms in total. The van der Waals surface area contributed by atoms with Gasteiger partial charge in [0.1, 0.15) is 5.75 Å². The second kappa shape index (κ2) is 7.41.